The largest absolute Gasteiger partial charge is 0.616 e. The zero-order chi connectivity index (χ0) is 17.1. The molecule has 0 aliphatic carbocycles. The molecule has 133 valence electrons. The molecule has 1 unspecified atom stereocenters. The van der Waals surface area contributed by atoms with E-state index >= 15 is 0 Å². The molecule has 0 N–H and O–H groups in total. The van der Waals surface area contributed by atoms with Crippen LogP contribution in [-0.4, -0.2) is 28.2 Å². The molecular weight excluding hydrogens is 323 g/mol. The first-order chi connectivity index (χ1) is 10.2. The molecule has 1 nitrogen and oxygen atoms in total. The first-order valence-electron chi connectivity index (χ1n) is 7.79. The molecule has 0 saturated carbocycles. The molecule has 0 saturated heterocycles. The number of rotatable bonds is 13. The molecule has 0 aliphatic heterocycles. The van der Waals surface area contributed by atoms with Crippen molar-refractivity contribution in [3.63, 3.8) is 0 Å². The first kappa shape index (κ1) is 22.0. The van der Waals surface area contributed by atoms with E-state index in [2.05, 4.69) is 6.92 Å². The Kier molecular flexibility index (Phi) is 11.5. The number of hydrogen-bond acceptors (Lipinski definition) is 1. The van der Waals surface area contributed by atoms with Crippen LogP contribution in [0.5, 0.6) is 0 Å². The van der Waals surface area contributed by atoms with E-state index in [4.69, 9.17) is 0 Å². The van der Waals surface area contributed by atoms with E-state index in [1.807, 2.05) is 0 Å². The Hall–Kier alpha value is -0.0400. The van der Waals surface area contributed by atoms with Gasteiger partial charge in [-0.2, -0.15) is 22.0 Å². The third kappa shape index (κ3) is 10.6. The third-order valence-corrected chi connectivity index (χ3v) is 4.89. The zero-order valence-corrected chi connectivity index (χ0v) is 13.7. The number of hydrogen-bond donors (Lipinski definition) is 0. The Morgan fingerprint density at radius 2 is 1.18 bits per heavy atom. The fourth-order valence-electron chi connectivity index (χ4n) is 2.02. The van der Waals surface area contributed by atoms with E-state index < -0.39 is 29.7 Å². The van der Waals surface area contributed by atoms with Gasteiger partial charge in [0.15, 0.2) is 0 Å². The van der Waals surface area contributed by atoms with Crippen LogP contribution in [0.15, 0.2) is 0 Å². The van der Waals surface area contributed by atoms with Crippen LogP contribution in [0.1, 0.15) is 64.2 Å². The lowest BCUT2D eigenvalue weighted by molar-refractivity contribution is -0.284. The van der Waals surface area contributed by atoms with Gasteiger partial charge in [-0.15, -0.1) is 0 Å². The fraction of sp³-hybridized carbons (Fsp3) is 0.933. The van der Waals surface area contributed by atoms with Gasteiger partial charge in [0.2, 0.25) is 0 Å². The standard InChI is InChI=1S/C15H26F5OS/c1-2-3-4-5-6-7-8-9-12-22(21)13-10-11-14(16,17)15(18,19)20/h1-13H2. The summed E-state index contributed by atoms with van der Waals surface area (Å²) in [5, 5.41) is 0. The van der Waals surface area contributed by atoms with Crippen LogP contribution in [0.25, 0.3) is 0 Å². The summed E-state index contributed by atoms with van der Waals surface area (Å²) in [5.74, 6) is -4.38. The van der Waals surface area contributed by atoms with E-state index in [1.165, 1.54) is 6.42 Å². The lowest BCUT2D eigenvalue weighted by Crippen LogP contribution is -2.36. The third-order valence-electron chi connectivity index (χ3n) is 3.40. The van der Waals surface area contributed by atoms with Crippen molar-refractivity contribution in [2.45, 2.75) is 76.3 Å². The van der Waals surface area contributed by atoms with Crippen LogP contribution >= 0.6 is 0 Å². The molecule has 1 atom stereocenters. The Morgan fingerprint density at radius 3 is 1.68 bits per heavy atom. The minimum absolute atomic E-state index is 0.0881. The van der Waals surface area contributed by atoms with E-state index in [-0.39, 0.29) is 12.2 Å². The summed E-state index contributed by atoms with van der Waals surface area (Å²) >= 11 is -1.30. The summed E-state index contributed by atoms with van der Waals surface area (Å²) < 4.78 is 72.6. The van der Waals surface area contributed by atoms with E-state index in [0.29, 0.717) is 5.75 Å². The number of unbranched alkanes of at least 4 members (excludes halogenated alkanes) is 7. The summed E-state index contributed by atoms with van der Waals surface area (Å²) in [6.07, 6.45) is 1.06. The van der Waals surface area contributed by atoms with Gasteiger partial charge in [0.1, 0.15) is 11.5 Å². The highest BCUT2D eigenvalue weighted by Gasteiger charge is 2.56. The Labute approximate surface area is 133 Å². The van der Waals surface area contributed by atoms with Crippen molar-refractivity contribution in [3.05, 3.63) is 6.92 Å². The maximum absolute atomic E-state index is 12.6. The first-order valence-corrected chi connectivity index (χ1v) is 9.28. The Balaban J connectivity index is 3.53. The summed E-state index contributed by atoms with van der Waals surface area (Å²) in [6, 6.07) is 0. The second-order valence-corrected chi connectivity index (χ2v) is 7.18. The molecule has 22 heavy (non-hydrogen) atoms. The number of alkyl halides is 5. The minimum atomic E-state index is -5.51. The van der Waals surface area contributed by atoms with Crippen LogP contribution in [0.2, 0.25) is 0 Å². The van der Waals surface area contributed by atoms with Crippen LogP contribution in [0.4, 0.5) is 22.0 Å². The molecule has 0 aliphatic rings. The van der Waals surface area contributed by atoms with Gasteiger partial charge in [0, 0.05) is 6.42 Å². The van der Waals surface area contributed by atoms with Crippen LogP contribution < -0.4 is 0 Å². The highest BCUT2D eigenvalue weighted by atomic mass is 32.2. The van der Waals surface area contributed by atoms with Crippen molar-refractivity contribution < 1.29 is 26.5 Å². The van der Waals surface area contributed by atoms with Crippen molar-refractivity contribution in [2.75, 3.05) is 11.5 Å². The second kappa shape index (κ2) is 11.5. The van der Waals surface area contributed by atoms with Gasteiger partial charge in [0.05, 0.1) is 0 Å². The quantitative estimate of drug-likeness (QED) is 0.239. The molecule has 0 bridgehead atoms. The molecule has 1 radical (unpaired) electrons. The Morgan fingerprint density at radius 1 is 0.727 bits per heavy atom. The molecule has 0 fully saturated rings. The van der Waals surface area contributed by atoms with Gasteiger partial charge < -0.3 is 4.55 Å². The van der Waals surface area contributed by atoms with Crippen LogP contribution in [0, 0.1) is 6.92 Å². The van der Waals surface area contributed by atoms with Crippen LogP contribution in [0.3, 0.4) is 0 Å². The lowest BCUT2D eigenvalue weighted by atomic mass is 10.1. The normalized spacial score (nSPS) is 14.3. The zero-order valence-electron chi connectivity index (χ0n) is 12.9. The van der Waals surface area contributed by atoms with Gasteiger partial charge >= 0.3 is 12.1 Å². The van der Waals surface area contributed by atoms with E-state index in [0.717, 1.165) is 44.9 Å². The minimum Gasteiger partial charge on any atom is -0.616 e. The van der Waals surface area contributed by atoms with Crippen molar-refractivity contribution in [1.82, 2.24) is 0 Å². The molecule has 7 heteroatoms. The molecule has 0 aromatic heterocycles. The van der Waals surface area contributed by atoms with Gasteiger partial charge in [-0.05, 0) is 19.3 Å². The SMILES string of the molecule is [CH2]CCCCCCCCC[S+]([O-])CCCC(F)(F)C(F)(F)F. The van der Waals surface area contributed by atoms with Gasteiger partial charge in [0.25, 0.3) is 0 Å². The highest BCUT2D eigenvalue weighted by Crippen LogP contribution is 2.38. The average molecular weight is 349 g/mol. The van der Waals surface area contributed by atoms with Gasteiger partial charge in [-0.1, -0.05) is 56.6 Å². The highest BCUT2D eigenvalue weighted by molar-refractivity contribution is 7.91. The predicted octanol–water partition coefficient (Wildman–Crippen LogP) is 5.67. The summed E-state index contributed by atoms with van der Waals surface area (Å²) in [7, 11) is 0. The maximum atomic E-state index is 12.6. The van der Waals surface area contributed by atoms with Crippen molar-refractivity contribution >= 4 is 11.2 Å². The van der Waals surface area contributed by atoms with Crippen molar-refractivity contribution in [1.29, 1.82) is 0 Å². The summed E-state index contributed by atoms with van der Waals surface area (Å²) in [5.41, 5.74) is 0. The molecule has 0 heterocycles. The monoisotopic (exact) mass is 349 g/mol. The molecule has 0 aromatic carbocycles. The van der Waals surface area contributed by atoms with Crippen molar-refractivity contribution in [2.24, 2.45) is 0 Å². The fourth-order valence-corrected chi connectivity index (χ4v) is 3.22. The maximum Gasteiger partial charge on any atom is 0.453 e. The predicted molar refractivity (Wildman–Crippen MR) is 80.4 cm³/mol. The lowest BCUT2D eigenvalue weighted by Gasteiger charge is -2.19. The van der Waals surface area contributed by atoms with E-state index in [1.54, 1.807) is 0 Å². The average Bonchev–Trinajstić information content (AvgIpc) is 2.40. The molecule has 0 aromatic rings. The molecule has 0 spiro atoms. The molecule has 0 amide bonds. The second-order valence-electron chi connectivity index (χ2n) is 5.48. The number of halogens is 5. The van der Waals surface area contributed by atoms with Gasteiger partial charge in [-0.25, -0.2) is 0 Å². The summed E-state index contributed by atoms with van der Waals surface area (Å²) in [4.78, 5) is 0. The molecular formula is C15H26F5OS. The smallest absolute Gasteiger partial charge is 0.453 e. The molecule has 0 rings (SSSR count). The Bertz CT molecular complexity index is 271. The topological polar surface area (TPSA) is 23.1 Å². The van der Waals surface area contributed by atoms with E-state index in [9.17, 15) is 26.5 Å². The summed E-state index contributed by atoms with van der Waals surface area (Å²) in [6.45, 7) is 3.76. The van der Waals surface area contributed by atoms with Gasteiger partial charge in [-0.3, -0.25) is 0 Å². The van der Waals surface area contributed by atoms with Crippen molar-refractivity contribution in [3.8, 4) is 0 Å². The van der Waals surface area contributed by atoms with Crippen LogP contribution in [-0.2, 0) is 11.2 Å².